The van der Waals surface area contributed by atoms with Gasteiger partial charge in [-0.05, 0) is 38.3 Å². The molecule has 4 nitrogen and oxygen atoms in total. The van der Waals surface area contributed by atoms with Crippen LogP contribution in [0.4, 0.5) is 0 Å². The van der Waals surface area contributed by atoms with Crippen molar-refractivity contribution in [3.63, 3.8) is 0 Å². The topological polar surface area (TPSA) is 52.6 Å². The van der Waals surface area contributed by atoms with Crippen LogP contribution in [-0.4, -0.2) is 24.6 Å². The molecule has 0 aliphatic rings. The Morgan fingerprint density at radius 2 is 1.25 bits per heavy atom. The van der Waals surface area contributed by atoms with E-state index in [-0.39, 0.29) is 17.2 Å². The van der Waals surface area contributed by atoms with E-state index in [9.17, 15) is 9.59 Å². The second kappa shape index (κ2) is 14.2. The molecule has 0 radical (unpaired) electrons. The fraction of sp³-hybridized carbons (Fsp3) is 0.667. The predicted octanol–water partition coefficient (Wildman–Crippen LogP) is 6.58. The lowest BCUT2D eigenvalue weighted by atomic mass is 10.0. The highest BCUT2D eigenvalue weighted by molar-refractivity contribution is 6.03. The fourth-order valence-electron chi connectivity index (χ4n) is 3.07. The molecule has 0 aliphatic heterocycles. The van der Waals surface area contributed by atoms with Crippen LogP contribution in [0.15, 0.2) is 24.3 Å². The SMILES string of the molecule is CC(C)CCCCCCCCCCOC(=O)c1ccccc1C(=O)OC(C)C. The van der Waals surface area contributed by atoms with Crippen LogP contribution in [0.25, 0.3) is 0 Å². The molecule has 0 saturated carbocycles. The first kappa shape index (κ1) is 24.2. The first-order valence-electron chi connectivity index (χ1n) is 10.9. The third-order valence-electron chi connectivity index (χ3n) is 4.62. The lowest BCUT2D eigenvalue weighted by molar-refractivity contribution is 0.0360. The molecule has 1 aromatic rings. The minimum absolute atomic E-state index is 0.230. The van der Waals surface area contributed by atoms with E-state index in [4.69, 9.17) is 9.47 Å². The van der Waals surface area contributed by atoms with Gasteiger partial charge in [-0.2, -0.15) is 0 Å². The van der Waals surface area contributed by atoms with Crippen molar-refractivity contribution in [3.05, 3.63) is 35.4 Å². The predicted molar refractivity (Wildman–Crippen MR) is 114 cm³/mol. The fourth-order valence-corrected chi connectivity index (χ4v) is 3.07. The third-order valence-corrected chi connectivity index (χ3v) is 4.62. The van der Waals surface area contributed by atoms with Gasteiger partial charge in [0.05, 0.1) is 23.8 Å². The molecule has 0 aromatic heterocycles. The second-order valence-electron chi connectivity index (χ2n) is 8.15. The maximum Gasteiger partial charge on any atom is 0.339 e. The standard InChI is InChI=1S/C24H38O4/c1-19(2)15-11-9-7-5-6-8-10-14-18-27-23(25)21-16-12-13-17-22(21)24(26)28-20(3)4/h12-13,16-17,19-20H,5-11,14-15,18H2,1-4H3. The van der Waals surface area contributed by atoms with Crippen molar-refractivity contribution in [1.29, 1.82) is 0 Å². The summed E-state index contributed by atoms with van der Waals surface area (Å²) in [4.78, 5) is 24.4. The highest BCUT2D eigenvalue weighted by atomic mass is 16.5. The number of unbranched alkanes of at least 4 members (excludes halogenated alkanes) is 7. The van der Waals surface area contributed by atoms with Gasteiger partial charge < -0.3 is 9.47 Å². The average molecular weight is 391 g/mol. The molecular formula is C24H38O4. The summed E-state index contributed by atoms with van der Waals surface area (Å²) in [6.07, 6.45) is 10.8. The highest BCUT2D eigenvalue weighted by Crippen LogP contribution is 2.15. The summed E-state index contributed by atoms with van der Waals surface area (Å²) in [5.41, 5.74) is 0.535. The number of carbonyl (C=O) groups excluding carboxylic acids is 2. The van der Waals surface area contributed by atoms with Crippen LogP contribution in [0, 0.1) is 5.92 Å². The Morgan fingerprint density at radius 1 is 0.750 bits per heavy atom. The maximum atomic E-state index is 12.3. The van der Waals surface area contributed by atoms with E-state index in [0.29, 0.717) is 6.61 Å². The van der Waals surface area contributed by atoms with E-state index in [1.54, 1.807) is 38.1 Å². The Hall–Kier alpha value is -1.84. The van der Waals surface area contributed by atoms with Crippen molar-refractivity contribution < 1.29 is 19.1 Å². The van der Waals surface area contributed by atoms with Crippen molar-refractivity contribution >= 4 is 11.9 Å². The molecule has 0 spiro atoms. The summed E-state index contributed by atoms with van der Waals surface area (Å²) < 4.78 is 10.6. The second-order valence-corrected chi connectivity index (χ2v) is 8.15. The molecule has 28 heavy (non-hydrogen) atoms. The van der Waals surface area contributed by atoms with Crippen LogP contribution in [0.3, 0.4) is 0 Å². The lowest BCUT2D eigenvalue weighted by Gasteiger charge is -2.11. The van der Waals surface area contributed by atoms with Crippen molar-refractivity contribution in [2.45, 2.75) is 91.6 Å². The molecule has 1 rings (SSSR count). The number of esters is 2. The summed E-state index contributed by atoms with van der Waals surface area (Å²) in [5, 5.41) is 0. The van der Waals surface area contributed by atoms with Crippen molar-refractivity contribution in [2.24, 2.45) is 5.92 Å². The molecule has 0 unspecified atom stereocenters. The first-order valence-corrected chi connectivity index (χ1v) is 10.9. The van der Waals surface area contributed by atoms with Crippen molar-refractivity contribution in [3.8, 4) is 0 Å². The Balaban J connectivity index is 2.20. The van der Waals surface area contributed by atoms with Crippen LogP contribution < -0.4 is 0 Å². The minimum atomic E-state index is -0.490. The van der Waals surface area contributed by atoms with Gasteiger partial charge in [-0.15, -0.1) is 0 Å². The molecule has 0 fully saturated rings. The van der Waals surface area contributed by atoms with Crippen molar-refractivity contribution in [2.75, 3.05) is 6.61 Å². The van der Waals surface area contributed by atoms with Gasteiger partial charge >= 0.3 is 11.9 Å². The monoisotopic (exact) mass is 390 g/mol. The summed E-state index contributed by atoms with van der Waals surface area (Å²) in [6, 6.07) is 6.65. The zero-order valence-electron chi connectivity index (χ0n) is 18.2. The van der Waals surface area contributed by atoms with E-state index >= 15 is 0 Å². The highest BCUT2D eigenvalue weighted by Gasteiger charge is 2.19. The number of hydrogen-bond acceptors (Lipinski definition) is 4. The van der Waals surface area contributed by atoms with Gasteiger partial charge in [0.2, 0.25) is 0 Å². The van der Waals surface area contributed by atoms with Gasteiger partial charge in [-0.25, -0.2) is 9.59 Å². The molecule has 0 saturated heterocycles. The average Bonchev–Trinajstić information content (AvgIpc) is 2.65. The molecule has 0 bridgehead atoms. The third kappa shape index (κ3) is 10.5. The van der Waals surface area contributed by atoms with Gasteiger partial charge in [0, 0.05) is 0 Å². The molecular weight excluding hydrogens is 352 g/mol. The van der Waals surface area contributed by atoms with E-state index in [2.05, 4.69) is 13.8 Å². The summed E-state index contributed by atoms with van der Waals surface area (Å²) in [7, 11) is 0. The lowest BCUT2D eigenvalue weighted by Crippen LogP contribution is -2.17. The first-order chi connectivity index (χ1) is 13.4. The van der Waals surface area contributed by atoms with E-state index in [1.165, 1.54) is 44.9 Å². The molecule has 0 N–H and O–H groups in total. The molecule has 158 valence electrons. The van der Waals surface area contributed by atoms with E-state index < -0.39 is 11.9 Å². The van der Waals surface area contributed by atoms with Gasteiger partial charge in [-0.3, -0.25) is 0 Å². The van der Waals surface area contributed by atoms with Gasteiger partial charge in [0.15, 0.2) is 0 Å². The molecule has 0 heterocycles. The van der Waals surface area contributed by atoms with Gasteiger partial charge in [0.25, 0.3) is 0 Å². The quantitative estimate of drug-likeness (QED) is 0.266. The van der Waals surface area contributed by atoms with Crippen LogP contribution >= 0.6 is 0 Å². The zero-order chi connectivity index (χ0) is 20.8. The van der Waals surface area contributed by atoms with Crippen molar-refractivity contribution in [1.82, 2.24) is 0 Å². The number of ether oxygens (including phenoxy) is 2. The number of carbonyl (C=O) groups is 2. The number of hydrogen-bond donors (Lipinski definition) is 0. The normalized spacial score (nSPS) is 11.1. The summed E-state index contributed by atoms with van der Waals surface area (Å²) in [5.74, 6) is -0.132. The Morgan fingerprint density at radius 3 is 1.79 bits per heavy atom. The molecule has 0 aliphatic carbocycles. The Bertz CT molecular complexity index is 578. The molecule has 4 heteroatoms. The summed E-state index contributed by atoms with van der Waals surface area (Å²) >= 11 is 0. The van der Waals surface area contributed by atoms with Gasteiger partial charge in [0.1, 0.15) is 0 Å². The maximum absolute atomic E-state index is 12.3. The Kier molecular flexibility index (Phi) is 12.3. The zero-order valence-corrected chi connectivity index (χ0v) is 18.2. The summed E-state index contributed by atoms with van der Waals surface area (Å²) in [6.45, 7) is 8.52. The van der Waals surface area contributed by atoms with Crippen LogP contribution in [0.2, 0.25) is 0 Å². The molecule has 1 aromatic carbocycles. The van der Waals surface area contributed by atoms with Crippen LogP contribution in [0.1, 0.15) is 106 Å². The Labute approximate surface area is 171 Å². The molecule has 0 atom stereocenters. The van der Waals surface area contributed by atoms with Crippen LogP contribution in [0.5, 0.6) is 0 Å². The van der Waals surface area contributed by atoms with Gasteiger partial charge in [-0.1, -0.05) is 77.3 Å². The largest absolute Gasteiger partial charge is 0.462 e. The van der Waals surface area contributed by atoms with E-state index in [0.717, 1.165) is 18.8 Å². The van der Waals surface area contributed by atoms with E-state index in [1.807, 2.05) is 0 Å². The minimum Gasteiger partial charge on any atom is -0.462 e. The number of benzene rings is 1. The van der Waals surface area contributed by atoms with Crippen LogP contribution in [-0.2, 0) is 9.47 Å². The smallest absolute Gasteiger partial charge is 0.339 e. The molecule has 0 amide bonds. The number of rotatable bonds is 14.